The van der Waals surface area contributed by atoms with Crippen molar-refractivity contribution in [3.8, 4) is 28.6 Å². The van der Waals surface area contributed by atoms with Crippen LogP contribution in [0.3, 0.4) is 0 Å². The molecule has 2 N–H and O–H groups in total. The molecule has 4 aromatic rings. The first-order valence-electron chi connectivity index (χ1n) is 12.8. The summed E-state index contributed by atoms with van der Waals surface area (Å²) in [5.41, 5.74) is 8.62. The first kappa shape index (κ1) is 28.8. The molecule has 3 aromatic carbocycles. The largest absolute Gasteiger partial charge is 0.494 e. The molecule has 0 aliphatic rings. The fraction of sp³-hybridized carbons (Fsp3) is 0.267. The summed E-state index contributed by atoms with van der Waals surface area (Å²) < 4.78 is 19.0. The molecule has 10 heteroatoms. The Morgan fingerprint density at radius 2 is 1.90 bits per heavy atom. The third kappa shape index (κ3) is 6.02. The van der Waals surface area contributed by atoms with Gasteiger partial charge in [0.2, 0.25) is 0 Å². The van der Waals surface area contributed by atoms with E-state index in [0.29, 0.717) is 39.1 Å². The molecule has 0 aliphatic carbocycles. The van der Waals surface area contributed by atoms with Crippen molar-refractivity contribution >= 4 is 39.0 Å². The Balaban J connectivity index is 1.97. The predicted octanol–water partition coefficient (Wildman–Crippen LogP) is 5.41. The molecular formula is C30H31BrN4O5. The summed E-state index contributed by atoms with van der Waals surface area (Å²) in [6.45, 7) is 8.26. The van der Waals surface area contributed by atoms with E-state index in [-0.39, 0.29) is 23.8 Å². The van der Waals surface area contributed by atoms with Crippen LogP contribution in [0.1, 0.15) is 43.4 Å². The number of benzene rings is 3. The van der Waals surface area contributed by atoms with Gasteiger partial charge in [-0.15, -0.1) is 0 Å². The Kier molecular flexibility index (Phi) is 8.89. The molecule has 0 spiro atoms. The number of amides is 1. The lowest BCUT2D eigenvalue weighted by Crippen LogP contribution is -2.21. The number of carbonyl (C=O) groups is 1. The molecule has 208 valence electrons. The van der Waals surface area contributed by atoms with Crippen molar-refractivity contribution in [3.63, 3.8) is 0 Å². The van der Waals surface area contributed by atoms with E-state index in [2.05, 4.69) is 34.9 Å². The average molecular weight is 608 g/mol. The lowest BCUT2D eigenvalue weighted by Gasteiger charge is -2.18. The molecule has 1 amide bonds. The van der Waals surface area contributed by atoms with Gasteiger partial charge in [-0.2, -0.15) is 9.78 Å². The van der Waals surface area contributed by atoms with Gasteiger partial charge in [0.25, 0.3) is 11.5 Å². The van der Waals surface area contributed by atoms with Crippen molar-refractivity contribution in [3.05, 3.63) is 80.0 Å². The van der Waals surface area contributed by atoms with Crippen LogP contribution in [0.15, 0.2) is 62.9 Å². The molecule has 0 atom stereocenters. The van der Waals surface area contributed by atoms with Crippen LogP contribution < -0.4 is 25.5 Å². The highest BCUT2D eigenvalue weighted by Gasteiger charge is 2.19. The molecule has 0 radical (unpaired) electrons. The quantitative estimate of drug-likeness (QED) is 0.241. The van der Waals surface area contributed by atoms with Crippen LogP contribution in [0.2, 0.25) is 0 Å². The maximum atomic E-state index is 13.8. The topological polar surface area (TPSA) is 118 Å². The van der Waals surface area contributed by atoms with E-state index in [1.165, 1.54) is 18.0 Å². The number of fused-ring (bicyclic) bond motifs is 1. The molecule has 0 saturated heterocycles. The molecule has 40 heavy (non-hydrogen) atoms. The van der Waals surface area contributed by atoms with E-state index in [1.54, 1.807) is 30.3 Å². The SMILES string of the molecule is CCOc1cc(C)c(-c2nc3ccccc3c(=O)n2N=Cc2cc(Br)cc(OC)c2OCC(N)=O)cc1C(C)C. The van der Waals surface area contributed by atoms with E-state index >= 15 is 0 Å². The maximum Gasteiger partial charge on any atom is 0.282 e. The van der Waals surface area contributed by atoms with Gasteiger partial charge in [-0.1, -0.05) is 41.9 Å². The lowest BCUT2D eigenvalue weighted by molar-refractivity contribution is -0.119. The van der Waals surface area contributed by atoms with Gasteiger partial charge in [0.05, 0.1) is 30.8 Å². The van der Waals surface area contributed by atoms with E-state index in [1.807, 2.05) is 32.0 Å². The van der Waals surface area contributed by atoms with Crippen LogP contribution in [-0.4, -0.2) is 42.1 Å². The van der Waals surface area contributed by atoms with Gasteiger partial charge in [-0.3, -0.25) is 9.59 Å². The Morgan fingerprint density at radius 3 is 2.58 bits per heavy atom. The molecule has 0 bridgehead atoms. The van der Waals surface area contributed by atoms with Crippen LogP contribution in [0.5, 0.6) is 17.2 Å². The Labute approximate surface area is 240 Å². The van der Waals surface area contributed by atoms with Crippen molar-refractivity contribution in [2.24, 2.45) is 10.8 Å². The Bertz CT molecular complexity index is 1660. The smallest absolute Gasteiger partial charge is 0.282 e. The van der Waals surface area contributed by atoms with Crippen LogP contribution in [0.25, 0.3) is 22.3 Å². The minimum Gasteiger partial charge on any atom is -0.494 e. The minimum absolute atomic E-state index is 0.170. The molecule has 0 saturated carbocycles. The van der Waals surface area contributed by atoms with Gasteiger partial charge in [0, 0.05) is 15.6 Å². The van der Waals surface area contributed by atoms with Crippen molar-refractivity contribution in [2.45, 2.75) is 33.6 Å². The molecular weight excluding hydrogens is 576 g/mol. The molecule has 1 heterocycles. The summed E-state index contributed by atoms with van der Waals surface area (Å²) in [6, 6.07) is 14.6. The van der Waals surface area contributed by atoms with Crippen molar-refractivity contribution in [1.29, 1.82) is 0 Å². The van der Waals surface area contributed by atoms with Gasteiger partial charge in [-0.05, 0) is 67.3 Å². The summed E-state index contributed by atoms with van der Waals surface area (Å²) in [5, 5.41) is 5.02. The summed E-state index contributed by atoms with van der Waals surface area (Å²) in [7, 11) is 1.48. The fourth-order valence-corrected chi connectivity index (χ4v) is 4.78. The Morgan fingerprint density at radius 1 is 1.15 bits per heavy atom. The predicted molar refractivity (Wildman–Crippen MR) is 160 cm³/mol. The molecule has 9 nitrogen and oxygen atoms in total. The number of aromatic nitrogens is 2. The van der Waals surface area contributed by atoms with E-state index in [9.17, 15) is 9.59 Å². The van der Waals surface area contributed by atoms with E-state index < -0.39 is 5.91 Å². The fourth-order valence-electron chi connectivity index (χ4n) is 4.33. The molecule has 0 unspecified atom stereocenters. The number of para-hydroxylation sites is 1. The lowest BCUT2D eigenvalue weighted by atomic mass is 9.96. The van der Waals surface area contributed by atoms with E-state index in [4.69, 9.17) is 24.9 Å². The van der Waals surface area contributed by atoms with Crippen LogP contribution in [0, 0.1) is 6.92 Å². The number of rotatable bonds is 10. The minimum atomic E-state index is -0.642. The molecule has 4 rings (SSSR count). The highest BCUT2D eigenvalue weighted by molar-refractivity contribution is 9.10. The monoisotopic (exact) mass is 606 g/mol. The first-order valence-corrected chi connectivity index (χ1v) is 13.6. The molecule has 0 fully saturated rings. The summed E-state index contributed by atoms with van der Waals surface area (Å²) in [4.78, 5) is 30.1. The normalized spacial score (nSPS) is 11.4. The number of nitrogens with two attached hydrogens (primary N) is 1. The number of methoxy groups -OCH3 is 1. The summed E-state index contributed by atoms with van der Waals surface area (Å²) in [5.74, 6) is 1.33. The molecule has 0 aliphatic heterocycles. The van der Waals surface area contributed by atoms with Crippen LogP contribution in [-0.2, 0) is 4.79 Å². The van der Waals surface area contributed by atoms with Gasteiger partial charge in [0.1, 0.15) is 5.75 Å². The highest BCUT2D eigenvalue weighted by atomic mass is 79.9. The first-order chi connectivity index (χ1) is 19.1. The number of aryl methyl sites for hydroxylation is 1. The Hall–Kier alpha value is -4.18. The van der Waals surface area contributed by atoms with Crippen molar-refractivity contribution < 1.29 is 19.0 Å². The van der Waals surface area contributed by atoms with Gasteiger partial charge in [0.15, 0.2) is 23.9 Å². The zero-order chi connectivity index (χ0) is 29.0. The third-order valence-electron chi connectivity index (χ3n) is 6.21. The number of nitrogens with zero attached hydrogens (tertiary/aromatic N) is 3. The third-order valence-corrected chi connectivity index (χ3v) is 6.67. The number of hydrogen-bond donors (Lipinski definition) is 1. The van der Waals surface area contributed by atoms with E-state index in [0.717, 1.165) is 22.4 Å². The number of halogens is 1. The number of primary amides is 1. The summed E-state index contributed by atoms with van der Waals surface area (Å²) >= 11 is 3.46. The average Bonchev–Trinajstić information content (AvgIpc) is 2.91. The van der Waals surface area contributed by atoms with Gasteiger partial charge >= 0.3 is 0 Å². The zero-order valence-electron chi connectivity index (χ0n) is 23.0. The maximum absolute atomic E-state index is 13.8. The van der Waals surface area contributed by atoms with Crippen LogP contribution in [0.4, 0.5) is 0 Å². The number of hydrogen-bond acceptors (Lipinski definition) is 7. The standard InChI is InChI=1S/C30H31BrN4O5/c1-6-39-25-11-18(4)23(14-22(25)17(2)3)29-34-24-10-8-7-9-21(24)30(37)35(29)33-15-19-12-20(31)13-26(38-5)28(19)40-16-27(32)36/h7-15,17H,6,16H2,1-5H3,(H2,32,36). The zero-order valence-corrected chi connectivity index (χ0v) is 24.6. The second-order valence-corrected chi connectivity index (χ2v) is 10.3. The van der Waals surface area contributed by atoms with Gasteiger partial charge < -0.3 is 19.9 Å². The van der Waals surface area contributed by atoms with Gasteiger partial charge in [-0.25, -0.2) is 4.98 Å². The summed E-state index contributed by atoms with van der Waals surface area (Å²) in [6.07, 6.45) is 1.47. The van der Waals surface area contributed by atoms with Crippen molar-refractivity contribution in [2.75, 3.05) is 20.3 Å². The number of carbonyl (C=O) groups excluding carboxylic acids is 1. The second kappa shape index (κ2) is 12.3. The highest BCUT2D eigenvalue weighted by Crippen LogP contribution is 2.36. The second-order valence-electron chi connectivity index (χ2n) is 9.39. The van der Waals surface area contributed by atoms with Crippen molar-refractivity contribution in [1.82, 2.24) is 9.66 Å². The molecule has 1 aromatic heterocycles. The number of ether oxygens (including phenoxy) is 3. The van der Waals surface area contributed by atoms with Crippen LogP contribution >= 0.6 is 15.9 Å².